The maximum atomic E-state index is 13.6. The average Bonchev–Trinajstić information content (AvgIpc) is 3.30. The molecule has 2 aliphatic heterocycles. The summed E-state index contributed by atoms with van der Waals surface area (Å²) >= 11 is 6.03. The molecule has 1 atom stereocenters. The van der Waals surface area contributed by atoms with Gasteiger partial charge < -0.3 is 19.5 Å². The van der Waals surface area contributed by atoms with E-state index in [0.29, 0.717) is 41.4 Å². The molecule has 29 heavy (non-hydrogen) atoms. The Labute approximate surface area is 175 Å². The minimum Gasteiger partial charge on any atom is -0.383 e. The standard InChI is InChI=1S/C21H27ClN4O3/c1-28-13-9-23-20-18(19(29-24-20)15-5-7-16(22)8-6-15)21(27)26-12-3-11-25-10-2-4-17(25)14-26/h5-8,17H,2-4,9-14H2,1H3,(H,23,24)/t17-/m0/s1. The molecule has 8 heteroatoms. The van der Waals surface area contributed by atoms with Crippen LogP contribution in [0.5, 0.6) is 0 Å². The van der Waals surface area contributed by atoms with Gasteiger partial charge in [-0.05, 0) is 50.1 Å². The molecule has 3 heterocycles. The lowest BCUT2D eigenvalue weighted by molar-refractivity contribution is 0.0744. The summed E-state index contributed by atoms with van der Waals surface area (Å²) in [5.74, 6) is 0.897. The van der Waals surface area contributed by atoms with Gasteiger partial charge in [-0.3, -0.25) is 9.69 Å². The predicted molar refractivity (Wildman–Crippen MR) is 112 cm³/mol. The molecule has 2 aliphatic rings. The number of carbonyl (C=O) groups is 1. The van der Waals surface area contributed by atoms with E-state index in [2.05, 4.69) is 15.4 Å². The number of anilines is 1. The Kier molecular flexibility index (Phi) is 6.37. The van der Waals surface area contributed by atoms with Crippen LogP contribution in [0.4, 0.5) is 5.82 Å². The molecule has 156 valence electrons. The van der Waals surface area contributed by atoms with E-state index < -0.39 is 0 Å². The van der Waals surface area contributed by atoms with Crippen LogP contribution in [-0.2, 0) is 4.74 Å². The Hall–Kier alpha value is -2.09. The molecule has 0 radical (unpaired) electrons. The van der Waals surface area contributed by atoms with Crippen LogP contribution < -0.4 is 5.32 Å². The van der Waals surface area contributed by atoms with Gasteiger partial charge in [0.2, 0.25) is 0 Å². The molecule has 0 unspecified atom stereocenters. The molecule has 0 bridgehead atoms. The van der Waals surface area contributed by atoms with Gasteiger partial charge in [-0.2, -0.15) is 0 Å². The molecule has 0 aliphatic carbocycles. The molecule has 4 rings (SSSR count). The van der Waals surface area contributed by atoms with Crippen molar-refractivity contribution >= 4 is 23.3 Å². The Morgan fingerprint density at radius 1 is 1.28 bits per heavy atom. The molecular formula is C21H27ClN4O3. The number of aromatic nitrogens is 1. The van der Waals surface area contributed by atoms with E-state index in [1.807, 2.05) is 17.0 Å². The number of hydrogen-bond acceptors (Lipinski definition) is 6. The zero-order valence-corrected chi connectivity index (χ0v) is 17.5. The summed E-state index contributed by atoms with van der Waals surface area (Å²) in [6.45, 7) is 4.74. The van der Waals surface area contributed by atoms with Crippen LogP contribution in [0.3, 0.4) is 0 Å². The van der Waals surface area contributed by atoms with Crippen LogP contribution in [0.15, 0.2) is 28.8 Å². The minimum atomic E-state index is -0.0372. The normalized spacial score (nSPS) is 19.8. The number of nitrogens with one attached hydrogen (secondary N) is 1. The summed E-state index contributed by atoms with van der Waals surface area (Å²) in [5, 5.41) is 7.98. The van der Waals surface area contributed by atoms with Crippen LogP contribution in [0.2, 0.25) is 5.02 Å². The van der Waals surface area contributed by atoms with Gasteiger partial charge in [-0.1, -0.05) is 16.8 Å². The van der Waals surface area contributed by atoms with Crippen molar-refractivity contribution in [2.45, 2.75) is 25.3 Å². The highest BCUT2D eigenvalue weighted by atomic mass is 35.5. The Balaban J connectivity index is 1.64. The van der Waals surface area contributed by atoms with Crippen molar-refractivity contribution in [2.75, 3.05) is 51.8 Å². The molecule has 1 N–H and O–H groups in total. The van der Waals surface area contributed by atoms with E-state index in [4.69, 9.17) is 20.9 Å². The van der Waals surface area contributed by atoms with E-state index in [1.54, 1.807) is 19.2 Å². The first-order chi connectivity index (χ1) is 14.2. The Morgan fingerprint density at radius 2 is 2.07 bits per heavy atom. The average molecular weight is 419 g/mol. The molecule has 2 aromatic rings. The van der Waals surface area contributed by atoms with Gasteiger partial charge in [0.25, 0.3) is 5.91 Å². The summed E-state index contributed by atoms with van der Waals surface area (Å²) in [6, 6.07) is 7.71. The van der Waals surface area contributed by atoms with Crippen molar-refractivity contribution in [3.8, 4) is 11.3 Å². The summed E-state index contributed by atoms with van der Waals surface area (Å²) in [6.07, 6.45) is 3.34. The fourth-order valence-electron chi connectivity index (χ4n) is 4.23. The fourth-order valence-corrected chi connectivity index (χ4v) is 4.35. The Bertz CT molecular complexity index is 839. The molecule has 2 saturated heterocycles. The SMILES string of the molecule is COCCNc1noc(-c2ccc(Cl)cc2)c1C(=O)N1CCCN2CCC[C@H]2C1. The number of methoxy groups -OCH3 is 1. The number of benzene rings is 1. The first-order valence-corrected chi connectivity index (χ1v) is 10.6. The second-order valence-electron chi connectivity index (χ2n) is 7.60. The topological polar surface area (TPSA) is 70.8 Å². The minimum absolute atomic E-state index is 0.0372. The molecule has 1 aromatic carbocycles. The molecule has 1 amide bonds. The molecule has 1 aromatic heterocycles. The van der Waals surface area contributed by atoms with Crippen molar-refractivity contribution in [1.82, 2.24) is 15.0 Å². The van der Waals surface area contributed by atoms with Crippen LogP contribution in [0, 0.1) is 0 Å². The van der Waals surface area contributed by atoms with Gasteiger partial charge >= 0.3 is 0 Å². The lowest BCUT2D eigenvalue weighted by Gasteiger charge is -2.25. The first-order valence-electron chi connectivity index (χ1n) is 10.2. The largest absolute Gasteiger partial charge is 0.383 e. The van der Waals surface area contributed by atoms with E-state index in [1.165, 1.54) is 6.42 Å². The van der Waals surface area contributed by atoms with E-state index >= 15 is 0 Å². The summed E-state index contributed by atoms with van der Waals surface area (Å²) in [5.41, 5.74) is 1.26. The maximum Gasteiger partial charge on any atom is 0.261 e. The number of halogens is 1. The smallest absolute Gasteiger partial charge is 0.261 e. The Morgan fingerprint density at radius 3 is 2.86 bits per heavy atom. The maximum absolute atomic E-state index is 13.6. The van der Waals surface area contributed by atoms with Gasteiger partial charge in [0.1, 0.15) is 5.56 Å². The molecule has 0 spiro atoms. The van der Waals surface area contributed by atoms with Crippen LogP contribution in [0.1, 0.15) is 29.6 Å². The van der Waals surface area contributed by atoms with E-state index in [9.17, 15) is 4.79 Å². The van der Waals surface area contributed by atoms with Crippen molar-refractivity contribution < 1.29 is 14.1 Å². The van der Waals surface area contributed by atoms with E-state index in [0.717, 1.165) is 44.6 Å². The van der Waals surface area contributed by atoms with Gasteiger partial charge in [0, 0.05) is 49.9 Å². The lowest BCUT2D eigenvalue weighted by atomic mass is 10.1. The lowest BCUT2D eigenvalue weighted by Crippen LogP contribution is -2.40. The third-order valence-electron chi connectivity index (χ3n) is 5.70. The van der Waals surface area contributed by atoms with Crippen molar-refractivity contribution in [3.05, 3.63) is 34.9 Å². The predicted octanol–water partition coefficient (Wildman–Crippen LogP) is 3.36. The van der Waals surface area contributed by atoms with Crippen molar-refractivity contribution in [2.24, 2.45) is 0 Å². The number of nitrogens with zero attached hydrogens (tertiary/aromatic N) is 3. The summed E-state index contributed by atoms with van der Waals surface area (Å²) < 4.78 is 10.7. The van der Waals surface area contributed by atoms with Crippen molar-refractivity contribution in [3.63, 3.8) is 0 Å². The van der Waals surface area contributed by atoms with Crippen molar-refractivity contribution in [1.29, 1.82) is 0 Å². The van der Waals surface area contributed by atoms with E-state index in [-0.39, 0.29) is 5.91 Å². The summed E-state index contributed by atoms with van der Waals surface area (Å²) in [7, 11) is 1.64. The van der Waals surface area contributed by atoms with Gasteiger partial charge in [-0.25, -0.2) is 0 Å². The first kappa shape index (κ1) is 20.2. The number of amides is 1. The van der Waals surface area contributed by atoms with Gasteiger partial charge in [0.05, 0.1) is 6.61 Å². The molecule has 2 fully saturated rings. The number of rotatable bonds is 6. The number of ether oxygens (including phenoxy) is 1. The van der Waals surface area contributed by atoms with Gasteiger partial charge in [-0.15, -0.1) is 0 Å². The molecular weight excluding hydrogens is 392 g/mol. The van der Waals surface area contributed by atoms with Gasteiger partial charge in [0.15, 0.2) is 11.6 Å². The fraction of sp³-hybridized carbons (Fsp3) is 0.524. The van der Waals surface area contributed by atoms with Crippen LogP contribution >= 0.6 is 11.6 Å². The zero-order chi connectivity index (χ0) is 20.2. The third kappa shape index (κ3) is 4.42. The number of hydrogen-bond donors (Lipinski definition) is 1. The highest BCUT2D eigenvalue weighted by molar-refractivity contribution is 6.30. The van der Waals surface area contributed by atoms with Crippen LogP contribution in [-0.4, -0.2) is 73.3 Å². The second-order valence-corrected chi connectivity index (χ2v) is 8.03. The van der Waals surface area contributed by atoms with Crippen LogP contribution in [0.25, 0.3) is 11.3 Å². The highest BCUT2D eigenvalue weighted by Crippen LogP contribution is 2.32. The third-order valence-corrected chi connectivity index (χ3v) is 5.95. The zero-order valence-electron chi connectivity index (χ0n) is 16.7. The molecule has 0 saturated carbocycles. The number of carbonyl (C=O) groups excluding carboxylic acids is 1. The molecule has 7 nitrogen and oxygen atoms in total. The summed E-state index contributed by atoms with van der Waals surface area (Å²) in [4.78, 5) is 18.1. The monoisotopic (exact) mass is 418 g/mol. The number of fused-ring (bicyclic) bond motifs is 1. The second kappa shape index (κ2) is 9.15. The quantitative estimate of drug-likeness (QED) is 0.725. The highest BCUT2D eigenvalue weighted by Gasteiger charge is 2.34.